The lowest BCUT2D eigenvalue weighted by molar-refractivity contribution is 0.271. The highest BCUT2D eigenvalue weighted by molar-refractivity contribution is 8.00. The average Bonchev–Trinajstić information content (AvgIpc) is 2.99. The van der Waals surface area contributed by atoms with Crippen LogP contribution in [0.4, 0.5) is 0 Å². The van der Waals surface area contributed by atoms with Crippen molar-refractivity contribution in [2.24, 2.45) is 7.05 Å². The Morgan fingerprint density at radius 1 is 1.59 bits per heavy atom. The van der Waals surface area contributed by atoms with E-state index in [1.165, 1.54) is 36.1 Å². The van der Waals surface area contributed by atoms with E-state index in [0.29, 0.717) is 5.92 Å². The summed E-state index contributed by atoms with van der Waals surface area (Å²) in [5, 5.41) is 9.93. The molecule has 2 heterocycles. The summed E-state index contributed by atoms with van der Waals surface area (Å²) in [6, 6.07) is 0. The van der Waals surface area contributed by atoms with Crippen molar-refractivity contribution in [2.45, 2.75) is 34.9 Å². The Bertz CT molecular complexity index is 532. The monoisotopic (exact) mass is 268 g/mol. The molecular formula is C10H12N4OS2. The van der Waals surface area contributed by atoms with Gasteiger partial charge in [0.1, 0.15) is 5.82 Å². The maximum absolute atomic E-state index is 9.09. The number of nitrogens with zero attached hydrogens (tertiary/aromatic N) is 4. The molecule has 90 valence electrons. The molecule has 3 rings (SSSR count). The number of rotatable bonds is 4. The number of imidazole rings is 1. The number of hydrogen-bond acceptors (Lipinski definition) is 6. The van der Waals surface area contributed by atoms with Crippen LogP contribution in [0.3, 0.4) is 0 Å². The zero-order valence-corrected chi connectivity index (χ0v) is 11.0. The predicted molar refractivity (Wildman–Crippen MR) is 65.1 cm³/mol. The molecule has 2 aromatic rings. The van der Waals surface area contributed by atoms with Crippen LogP contribution < -0.4 is 0 Å². The summed E-state index contributed by atoms with van der Waals surface area (Å²) in [4.78, 5) is 8.75. The molecule has 1 N–H and O–H groups in total. The molecule has 0 unspecified atom stereocenters. The zero-order valence-electron chi connectivity index (χ0n) is 9.33. The van der Waals surface area contributed by atoms with Gasteiger partial charge in [0.25, 0.3) is 0 Å². The molecule has 0 spiro atoms. The van der Waals surface area contributed by atoms with E-state index in [1.807, 2.05) is 11.6 Å². The second-order valence-electron chi connectivity index (χ2n) is 4.04. The van der Waals surface area contributed by atoms with Crippen LogP contribution in [0.1, 0.15) is 30.3 Å². The predicted octanol–water partition coefficient (Wildman–Crippen LogP) is 1.79. The molecule has 1 aliphatic carbocycles. The van der Waals surface area contributed by atoms with Gasteiger partial charge >= 0.3 is 0 Å². The first-order valence-corrected chi connectivity index (χ1v) is 7.00. The van der Waals surface area contributed by atoms with E-state index in [4.69, 9.17) is 5.11 Å². The smallest absolute Gasteiger partial charge is 0.177 e. The van der Waals surface area contributed by atoms with Crippen LogP contribution in [-0.2, 0) is 13.7 Å². The van der Waals surface area contributed by atoms with Crippen LogP contribution in [0, 0.1) is 0 Å². The quantitative estimate of drug-likeness (QED) is 0.916. The van der Waals surface area contributed by atoms with Crippen LogP contribution in [0.5, 0.6) is 0 Å². The van der Waals surface area contributed by atoms with Crippen LogP contribution >= 0.6 is 23.3 Å². The Hall–Kier alpha value is -0.920. The molecular weight excluding hydrogens is 256 g/mol. The lowest BCUT2D eigenvalue weighted by Crippen LogP contribution is -1.96. The second-order valence-corrected chi connectivity index (χ2v) is 6.01. The first-order chi connectivity index (χ1) is 8.28. The average molecular weight is 268 g/mol. The van der Waals surface area contributed by atoms with E-state index in [-0.39, 0.29) is 6.61 Å². The van der Waals surface area contributed by atoms with Gasteiger partial charge in [-0.05, 0) is 36.1 Å². The molecule has 0 radical (unpaired) electrons. The zero-order chi connectivity index (χ0) is 11.8. The number of aromatic nitrogens is 4. The van der Waals surface area contributed by atoms with E-state index in [1.54, 1.807) is 6.20 Å². The minimum absolute atomic E-state index is 0.00744. The molecule has 1 aliphatic rings. The van der Waals surface area contributed by atoms with Gasteiger partial charge in [0, 0.05) is 13.0 Å². The first-order valence-electron chi connectivity index (χ1n) is 5.41. The van der Waals surface area contributed by atoms with Gasteiger partial charge < -0.3 is 9.67 Å². The minimum Gasteiger partial charge on any atom is -0.390 e. The van der Waals surface area contributed by atoms with Crippen LogP contribution in [0.2, 0.25) is 0 Å². The Balaban J connectivity index is 1.78. The SMILES string of the molecule is Cn1c(CO)cnc1Sc1nc(C2CC2)ns1. The standard InChI is InChI=1S/C10H12N4OS2/c1-14-7(5-15)4-11-9(14)16-10-12-8(13-17-10)6-2-3-6/h4,6,15H,2-3,5H2,1H3. The van der Waals surface area contributed by atoms with Crippen molar-refractivity contribution in [1.29, 1.82) is 0 Å². The van der Waals surface area contributed by atoms with E-state index in [9.17, 15) is 0 Å². The van der Waals surface area contributed by atoms with Crippen LogP contribution in [0.15, 0.2) is 15.7 Å². The number of hydrogen-bond donors (Lipinski definition) is 1. The Labute approximate surface area is 107 Å². The van der Waals surface area contributed by atoms with Crippen molar-refractivity contribution in [3.8, 4) is 0 Å². The molecule has 1 saturated carbocycles. The van der Waals surface area contributed by atoms with Gasteiger partial charge in [-0.2, -0.15) is 4.37 Å². The molecule has 0 amide bonds. The highest BCUT2D eigenvalue weighted by Crippen LogP contribution is 2.40. The van der Waals surface area contributed by atoms with Gasteiger partial charge in [-0.15, -0.1) is 0 Å². The van der Waals surface area contributed by atoms with E-state index in [0.717, 1.165) is 21.0 Å². The maximum Gasteiger partial charge on any atom is 0.177 e. The molecule has 1 fully saturated rings. The Morgan fingerprint density at radius 2 is 2.41 bits per heavy atom. The summed E-state index contributed by atoms with van der Waals surface area (Å²) in [6.07, 6.45) is 4.13. The molecule has 0 aromatic carbocycles. The number of aliphatic hydroxyl groups excluding tert-OH is 1. The maximum atomic E-state index is 9.09. The summed E-state index contributed by atoms with van der Waals surface area (Å²) in [5.41, 5.74) is 0.805. The largest absolute Gasteiger partial charge is 0.390 e. The van der Waals surface area contributed by atoms with Gasteiger partial charge in [0.15, 0.2) is 9.50 Å². The third-order valence-corrected chi connectivity index (χ3v) is 4.58. The second kappa shape index (κ2) is 4.40. The van der Waals surface area contributed by atoms with Gasteiger partial charge in [0.05, 0.1) is 18.5 Å². The highest BCUT2D eigenvalue weighted by Gasteiger charge is 2.28. The third-order valence-electron chi connectivity index (χ3n) is 2.75. The minimum atomic E-state index is 0.00744. The Morgan fingerprint density at radius 3 is 3.06 bits per heavy atom. The summed E-state index contributed by atoms with van der Waals surface area (Å²) in [5.74, 6) is 1.57. The van der Waals surface area contributed by atoms with E-state index >= 15 is 0 Å². The van der Waals surface area contributed by atoms with Gasteiger partial charge in [0.2, 0.25) is 0 Å². The van der Waals surface area contributed by atoms with Crippen LogP contribution in [0.25, 0.3) is 0 Å². The summed E-state index contributed by atoms with van der Waals surface area (Å²) in [6.45, 7) is 0.00744. The molecule has 2 aromatic heterocycles. The van der Waals surface area contributed by atoms with E-state index < -0.39 is 0 Å². The Kier molecular flexibility index (Phi) is 2.89. The van der Waals surface area contributed by atoms with Crippen molar-refractivity contribution in [3.05, 3.63) is 17.7 Å². The highest BCUT2D eigenvalue weighted by atomic mass is 32.2. The van der Waals surface area contributed by atoms with Crippen molar-refractivity contribution >= 4 is 23.3 Å². The fourth-order valence-electron chi connectivity index (χ4n) is 1.51. The van der Waals surface area contributed by atoms with Crippen molar-refractivity contribution in [1.82, 2.24) is 18.9 Å². The molecule has 0 atom stereocenters. The fourth-order valence-corrected chi connectivity index (χ4v) is 3.15. The third kappa shape index (κ3) is 2.22. The normalized spacial score (nSPS) is 15.4. The van der Waals surface area contributed by atoms with Crippen LogP contribution in [-0.4, -0.2) is 24.0 Å². The molecule has 0 saturated heterocycles. The molecule has 7 heteroatoms. The lowest BCUT2D eigenvalue weighted by Gasteiger charge is -2.00. The molecule has 17 heavy (non-hydrogen) atoms. The topological polar surface area (TPSA) is 63.8 Å². The summed E-state index contributed by atoms with van der Waals surface area (Å²) < 4.78 is 7.15. The van der Waals surface area contributed by atoms with Gasteiger partial charge in [-0.25, -0.2) is 9.97 Å². The molecule has 5 nitrogen and oxygen atoms in total. The van der Waals surface area contributed by atoms with Crippen molar-refractivity contribution < 1.29 is 5.11 Å². The molecule has 0 aliphatic heterocycles. The van der Waals surface area contributed by atoms with Crippen molar-refractivity contribution in [2.75, 3.05) is 0 Å². The number of aliphatic hydroxyl groups is 1. The molecule has 0 bridgehead atoms. The van der Waals surface area contributed by atoms with Gasteiger partial charge in [-0.1, -0.05) is 0 Å². The first kappa shape index (κ1) is 11.2. The summed E-state index contributed by atoms with van der Waals surface area (Å²) in [7, 11) is 1.89. The fraction of sp³-hybridized carbons (Fsp3) is 0.500. The van der Waals surface area contributed by atoms with E-state index in [2.05, 4.69) is 14.3 Å². The van der Waals surface area contributed by atoms with Crippen molar-refractivity contribution in [3.63, 3.8) is 0 Å². The lowest BCUT2D eigenvalue weighted by atomic mass is 10.4. The van der Waals surface area contributed by atoms with Gasteiger partial charge in [-0.3, -0.25) is 0 Å². The summed E-state index contributed by atoms with van der Waals surface area (Å²) >= 11 is 2.93.